The van der Waals surface area contributed by atoms with Gasteiger partial charge in [-0.05, 0) is 28.9 Å². The van der Waals surface area contributed by atoms with Crippen molar-refractivity contribution in [1.29, 1.82) is 5.26 Å². The first-order valence-corrected chi connectivity index (χ1v) is 7.81. The minimum Gasteiger partial charge on any atom is -0.350 e. The number of nitriles is 1. The summed E-state index contributed by atoms with van der Waals surface area (Å²) in [5.74, 6) is 0.899. The van der Waals surface area contributed by atoms with Gasteiger partial charge in [-0.25, -0.2) is 9.97 Å². The second-order valence-corrected chi connectivity index (χ2v) is 5.98. The van der Waals surface area contributed by atoms with Crippen LogP contribution in [-0.2, 0) is 25.9 Å². The first-order valence-electron chi connectivity index (χ1n) is 7.02. The summed E-state index contributed by atoms with van der Waals surface area (Å²) in [7, 11) is 0. The first kappa shape index (κ1) is 14.1. The Balaban J connectivity index is 1.91. The van der Waals surface area contributed by atoms with Crippen LogP contribution in [0.25, 0.3) is 0 Å². The average Bonchev–Trinajstić information content (AvgIpc) is 2.90. The molecule has 0 unspecified atom stereocenters. The van der Waals surface area contributed by atoms with E-state index in [1.54, 1.807) is 6.20 Å². The van der Waals surface area contributed by atoms with E-state index in [4.69, 9.17) is 5.26 Å². The van der Waals surface area contributed by atoms with Crippen LogP contribution in [0.3, 0.4) is 0 Å². The predicted molar refractivity (Wildman–Crippen MR) is 83.9 cm³/mol. The molecule has 21 heavy (non-hydrogen) atoms. The van der Waals surface area contributed by atoms with Gasteiger partial charge in [0.05, 0.1) is 31.1 Å². The third kappa shape index (κ3) is 2.66. The summed E-state index contributed by atoms with van der Waals surface area (Å²) < 4.78 is 3.11. The molecule has 1 aliphatic rings. The molecule has 0 atom stereocenters. The second kappa shape index (κ2) is 5.86. The number of hydrogen-bond acceptors (Lipinski definition) is 4. The quantitative estimate of drug-likeness (QED) is 0.858. The fraction of sp³-hybridized carbons (Fsp3) is 0.400. The molecular formula is C15H16BrN5. The standard InChI is InChI=1S/C15H16BrN5/c1-2-20-10-19-13-9-21(6-4-14(13)20)15-11(3-5-17)7-12(16)8-18-15/h7-8,10H,2-4,6,9H2,1H3. The molecule has 0 saturated carbocycles. The number of halogens is 1. The summed E-state index contributed by atoms with van der Waals surface area (Å²) in [5.41, 5.74) is 3.41. The average molecular weight is 346 g/mol. The molecule has 1 aliphatic heterocycles. The molecule has 5 nitrogen and oxygen atoms in total. The van der Waals surface area contributed by atoms with Gasteiger partial charge in [0.2, 0.25) is 0 Å². The molecule has 0 bridgehead atoms. The Morgan fingerprint density at radius 3 is 3.05 bits per heavy atom. The Labute approximate surface area is 132 Å². The van der Waals surface area contributed by atoms with E-state index in [2.05, 4.69) is 48.4 Å². The van der Waals surface area contributed by atoms with Crippen molar-refractivity contribution in [2.24, 2.45) is 0 Å². The summed E-state index contributed by atoms with van der Waals surface area (Å²) in [4.78, 5) is 11.2. The van der Waals surface area contributed by atoms with Gasteiger partial charge in [-0.15, -0.1) is 0 Å². The van der Waals surface area contributed by atoms with Gasteiger partial charge in [-0.3, -0.25) is 0 Å². The second-order valence-electron chi connectivity index (χ2n) is 5.07. The lowest BCUT2D eigenvalue weighted by atomic mass is 10.1. The van der Waals surface area contributed by atoms with E-state index in [1.807, 2.05) is 12.4 Å². The SMILES string of the molecule is CCn1cnc2c1CCN(c1ncc(Br)cc1CC#N)C2. The first-order chi connectivity index (χ1) is 10.2. The Kier molecular flexibility index (Phi) is 3.93. The number of rotatable bonds is 3. The van der Waals surface area contributed by atoms with Gasteiger partial charge in [-0.2, -0.15) is 5.26 Å². The Morgan fingerprint density at radius 1 is 1.43 bits per heavy atom. The molecule has 0 fully saturated rings. The molecule has 2 aromatic heterocycles. The van der Waals surface area contributed by atoms with Crippen molar-refractivity contribution in [2.45, 2.75) is 32.9 Å². The maximum absolute atomic E-state index is 9.00. The molecule has 0 radical (unpaired) electrons. The zero-order chi connectivity index (χ0) is 14.8. The molecular weight excluding hydrogens is 330 g/mol. The van der Waals surface area contributed by atoms with Crippen LogP contribution in [0.4, 0.5) is 5.82 Å². The van der Waals surface area contributed by atoms with E-state index in [-0.39, 0.29) is 0 Å². The van der Waals surface area contributed by atoms with E-state index in [0.717, 1.165) is 47.6 Å². The van der Waals surface area contributed by atoms with E-state index in [1.165, 1.54) is 5.69 Å². The van der Waals surface area contributed by atoms with Crippen LogP contribution in [0.5, 0.6) is 0 Å². The van der Waals surface area contributed by atoms with Crippen LogP contribution in [0.15, 0.2) is 23.1 Å². The molecule has 0 aromatic carbocycles. The summed E-state index contributed by atoms with van der Waals surface area (Å²) in [6, 6.07) is 4.19. The number of anilines is 1. The zero-order valence-corrected chi connectivity index (χ0v) is 13.5. The van der Waals surface area contributed by atoms with Crippen molar-refractivity contribution in [1.82, 2.24) is 14.5 Å². The van der Waals surface area contributed by atoms with Crippen molar-refractivity contribution < 1.29 is 0 Å². The van der Waals surface area contributed by atoms with Crippen molar-refractivity contribution in [3.63, 3.8) is 0 Å². The monoisotopic (exact) mass is 345 g/mol. The Hall–Kier alpha value is -1.87. The van der Waals surface area contributed by atoms with Crippen LogP contribution in [-0.4, -0.2) is 21.1 Å². The molecule has 0 amide bonds. The molecule has 108 valence electrons. The van der Waals surface area contributed by atoms with Crippen molar-refractivity contribution in [3.8, 4) is 6.07 Å². The van der Waals surface area contributed by atoms with Gasteiger partial charge < -0.3 is 9.47 Å². The number of imidazole rings is 1. The van der Waals surface area contributed by atoms with Gasteiger partial charge in [-0.1, -0.05) is 0 Å². The van der Waals surface area contributed by atoms with Gasteiger partial charge in [0, 0.05) is 41.4 Å². The lowest BCUT2D eigenvalue weighted by Crippen LogP contribution is -2.32. The summed E-state index contributed by atoms with van der Waals surface area (Å²) in [6.07, 6.45) is 5.04. The van der Waals surface area contributed by atoms with Gasteiger partial charge in [0.1, 0.15) is 5.82 Å². The number of aryl methyl sites for hydroxylation is 1. The molecule has 0 spiro atoms. The fourth-order valence-electron chi connectivity index (χ4n) is 2.80. The molecule has 6 heteroatoms. The topological polar surface area (TPSA) is 57.7 Å². The van der Waals surface area contributed by atoms with E-state index in [0.29, 0.717) is 6.42 Å². The van der Waals surface area contributed by atoms with Crippen molar-refractivity contribution >= 4 is 21.7 Å². The normalized spacial score (nSPS) is 13.9. The predicted octanol–water partition coefficient (Wildman–Crippen LogP) is 2.69. The van der Waals surface area contributed by atoms with Crippen LogP contribution in [0.2, 0.25) is 0 Å². The highest BCUT2D eigenvalue weighted by molar-refractivity contribution is 9.10. The molecule has 2 aromatic rings. The minimum atomic E-state index is 0.370. The molecule has 0 N–H and O–H groups in total. The molecule has 3 rings (SSSR count). The van der Waals surface area contributed by atoms with Gasteiger partial charge in [0.15, 0.2) is 0 Å². The fourth-order valence-corrected chi connectivity index (χ4v) is 3.18. The van der Waals surface area contributed by atoms with Crippen LogP contribution < -0.4 is 4.90 Å². The van der Waals surface area contributed by atoms with Crippen LogP contribution in [0, 0.1) is 11.3 Å². The van der Waals surface area contributed by atoms with E-state index >= 15 is 0 Å². The van der Waals surface area contributed by atoms with Crippen molar-refractivity contribution in [2.75, 3.05) is 11.4 Å². The van der Waals surface area contributed by atoms with Crippen molar-refractivity contribution in [3.05, 3.63) is 40.0 Å². The van der Waals surface area contributed by atoms with Crippen LogP contribution in [0.1, 0.15) is 23.9 Å². The summed E-state index contributed by atoms with van der Waals surface area (Å²) in [6.45, 7) is 4.76. The summed E-state index contributed by atoms with van der Waals surface area (Å²) in [5, 5.41) is 9.00. The lowest BCUT2D eigenvalue weighted by molar-refractivity contribution is 0.645. The third-order valence-electron chi connectivity index (χ3n) is 3.81. The highest BCUT2D eigenvalue weighted by atomic mass is 79.9. The van der Waals surface area contributed by atoms with E-state index < -0.39 is 0 Å². The van der Waals surface area contributed by atoms with Gasteiger partial charge in [0.25, 0.3) is 0 Å². The number of nitrogens with zero attached hydrogens (tertiary/aromatic N) is 5. The van der Waals surface area contributed by atoms with Crippen LogP contribution >= 0.6 is 15.9 Å². The number of pyridine rings is 1. The van der Waals surface area contributed by atoms with E-state index in [9.17, 15) is 0 Å². The maximum Gasteiger partial charge on any atom is 0.133 e. The molecule has 3 heterocycles. The van der Waals surface area contributed by atoms with Gasteiger partial charge >= 0.3 is 0 Å². The molecule has 0 saturated heterocycles. The Bertz CT molecular complexity index is 701. The number of fused-ring (bicyclic) bond motifs is 1. The highest BCUT2D eigenvalue weighted by Gasteiger charge is 2.23. The Morgan fingerprint density at radius 2 is 2.29 bits per heavy atom. The third-order valence-corrected chi connectivity index (χ3v) is 4.24. The zero-order valence-electron chi connectivity index (χ0n) is 11.9. The number of aromatic nitrogens is 3. The minimum absolute atomic E-state index is 0.370. The summed E-state index contributed by atoms with van der Waals surface area (Å²) >= 11 is 3.42. The number of hydrogen-bond donors (Lipinski definition) is 0. The lowest BCUT2D eigenvalue weighted by Gasteiger charge is -2.29. The largest absolute Gasteiger partial charge is 0.350 e. The maximum atomic E-state index is 9.00. The molecule has 0 aliphatic carbocycles. The highest BCUT2D eigenvalue weighted by Crippen LogP contribution is 2.27. The smallest absolute Gasteiger partial charge is 0.133 e.